The van der Waals surface area contributed by atoms with Gasteiger partial charge in [-0.25, -0.2) is 4.98 Å². The number of rotatable bonds is 5. The minimum atomic E-state index is 0.276. The molecule has 7 heteroatoms. The maximum atomic E-state index is 6.11. The lowest BCUT2D eigenvalue weighted by Gasteiger charge is -2.32. The van der Waals surface area contributed by atoms with Gasteiger partial charge in [-0.2, -0.15) is 9.97 Å². The van der Waals surface area contributed by atoms with E-state index in [9.17, 15) is 0 Å². The Labute approximate surface area is 159 Å². The maximum absolute atomic E-state index is 6.11. The van der Waals surface area contributed by atoms with Gasteiger partial charge in [0.15, 0.2) is 11.5 Å². The van der Waals surface area contributed by atoms with E-state index in [4.69, 9.17) is 5.73 Å². The number of likely N-dealkylation sites (tertiary alicyclic amines) is 1. The summed E-state index contributed by atoms with van der Waals surface area (Å²) in [6, 6.07) is 11.3. The molecular weight excluding hydrogens is 338 g/mol. The molecule has 1 saturated heterocycles. The highest BCUT2D eigenvalue weighted by Crippen LogP contribution is 2.23. The number of nitrogens with zero attached hydrogens (tertiary/aromatic N) is 5. The molecular formula is C20H27N7. The molecule has 4 rings (SSSR count). The van der Waals surface area contributed by atoms with Gasteiger partial charge in [0.2, 0.25) is 5.95 Å². The summed E-state index contributed by atoms with van der Waals surface area (Å²) < 4.78 is 2.03. The zero-order chi connectivity index (χ0) is 18.8. The Bertz CT molecular complexity index is 895. The number of hydrogen-bond acceptors (Lipinski definition) is 6. The molecule has 0 atom stereocenters. The summed E-state index contributed by atoms with van der Waals surface area (Å²) in [6.07, 6.45) is 3.92. The third-order valence-corrected chi connectivity index (χ3v) is 5.17. The lowest BCUT2D eigenvalue weighted by molar-refractivity contribution is 0.211. The topological polar surface area (TPSA) is 84.9 Å². The summed E-state index contributed by atoms with van der Waals surface area (Å²) in [5.41, 5.74) is 8.94. The van der Waals surface area contributed by atoms with Crippen molar-refractivity contribution in [2.75, 3.05) is 24.1 Å². The highest BCUT2D eigenvalue weighted by molar-refractivity contribution is 5.83. The Balaban J connectivity index is 1.41. The average Bonchev–Trinajstić information content (AvgIpc) is 3.09. The SMILES string of the molecule is CC(C)n1cnc2c(N)nc(NC3CCN(Cc4ccccc4)CC3)nc21. The number of fused-ring (bicyclic) bond motifs is 1. The number of piperidine rings is 1. The maximum Gasteiger partial charge on any atom is 0.226 e. The Kier molecular flexibility index (Phi) is 4.94. The molecule has 1 aliphatic heterocycles. The summed E-state index contributed by atoms with van der Waals surface area (Å²) in [7, 11) is 0. The number of imidazole rings is 1. The van der Waals surface area contributed by atoms with Gasteiger partial charge in [-0.1, -0.05) is 30.3 Å². The molecule has 1 fully saturated rings. The fourth-order valence-corrected chi connectivity index (χ4v) is 3.64. The third kappa shape index (κ3) is 3.88. The predicted molar refractivity (Wildman–Crippen MR) is 108 cm³/mol. The van der Waals surface area contributed by atoms with Crippen LogP contribution in [0.25, 0.3) is 11.2 Å². The van der Waals surface area contributed by atoms with Crippen molar-refractivity contribution >= 4 is 22.9 Å². The van der Waals surface area contributed by atoms with Crippen LogP contribution in [0.15, 0.2) is 36.7 Å². The van der Waals surface area contributed by atoms with Crippen LogP contribution in [0, 0.1) is 0 Å². The summed E-state index contributed by atoms with van der Waals surface area (Å²) in [5.74, 6) is 1.03. The van der Waals surface area contributed by atoms with E-state index in [2.05, 4.69) is 69.3 Å². The highest BCUT2D eigenvalue weighted by Gasteiger charge is 2.21. The Morgan fingerprint density at radius 3 is 2.59 bits per heavy atom. The van der Waals surface area contributed by atoms with Crippen LogP contribution < -0.4 is 11.1 Å². The predicted octanol–water partition coefficient (Wildman–Crippen LogP) is 3.07. The van der Waals surface area contributed by atoms with Crippen LogP contribution >= 0.6 is 0 Å². The van der Waals surface area contributed by atoms with Gasteiger partial charge < -0.3 is 15.6 Å². The fourth-order valence-electron chi connectivity index (χ4n) is 3.64. The molecule has 3 heterocycles. The minimum absolute atomic E-state index is 0.276. The van der Waals surface area contributed by atoms with E-state index in [1.807, 2.05) is 4.57 Å². The smallest absolute Gasteiger partial charge is 0.226 e. The first-order chi connectivity index (χ1) is 13.1. The lowest BCUT2D eigenvalue weighted by Crippen LogP contribution is -2.39. The van der Waals surface area contributed by atoms with Crippen LogP contribution in [0.2, 0.25) is 0 Å². The molecule has 0 unspecified atom stereocenters. The van der Waals surface area contributed by atoms with Gasteiger partial charge in [0.05, 0.1) is 6.33 Å². The highest BCUT2D eigenvalue weighted by atomic mass is 15.2. The first-order valence-electron chi connectivity index (χ1n) is 9.63. The number of benzene rings is 1. The van der Waals surface area contributed by atoms with Gasteiger partial charge >= 0.3 is 0 Å². The summed E-state index contributed by atoms with van der Waals surface area (Å²) in [4.78, 5) is 16.0. The molecule has 1 aliphatic rings. The first kappa shape index (κ1) is 17.7. The standard InChI is InChI=1S/C20H27N7/c1-14(2)27-13-22-17-18(21)24-20(25-19(17)27)23-16-8-10-26(11-9-16)12-15-6-4-3-5-7-15/h3-7,13-14,16H,8-12H2,1-2H3,(H3,21,23,24,25). The van der Waals surface area contributed by atoms with Crippen molar-refractivity contribution in [3.05, 3.63) is 42.2 Å². The largest absolute Gasteiger partial charge is 0.382 e. The van der Waals surface area contributed by atoms with Gasteiger partial charge in [0.25, 0.3) is 0 Å². The van der Waals surface area contributed by atoms with Crippen LogP contribution in [-0.2, 0) is 6.54 Å². The molecule has 0 aliphatic carbocycles. The zero-order valence-electron chi connectivity index (χ0n) is 16.0. The van der Waals surface area contributed by atoms with Crippen LogP contribution in [0.4, 0.5) is 11.8 Å². The molecule has 0 bridgehead atoms. The molecule has 2 aromatic heterocycles. The summed E-state index contributed by atoms with van der Waals surface area (Å²) in [5, 5.41) is 3.48. The van der Waals surface area contributed by atoms with Crippen molar-refractivity contribution in [1.29, 1.82) is 0 Å². The van der Waals surface area contributed by atoms with Crippen molar-refractivity contribution < 1.29 is 0 Å². The molecule has 27 heavy (non-hydrogen) atoms. The molecule has 7 nitrogen and oxygen atoms in total. The van der Waals surface area contributed by atoms with Gasteiger partial charge in [0.1, 0.15) is 5.52 Å². The summed E-state index contributed by atoms with van der Waals surface area (Å²) >= 11 is 0. The van der Waals surface area contributed by atoms with Crippen molar-refractivity contribution in [3.63, 3.8) is 0 Å². The van der Waals surface area contributed by atoms with E-state index in [0.717, 1.165) is 38.1 Å². The number of nitrogen functional groups attached to an aromatic ring is 1. The van der Waals surface area contributed by atoms with Gasteiger partial charge in [-0.05, 0) is 32.3 Å². The van der Waals surface area contributed by atoms with Crippen molar-refractivity contribution in [1.82, 2.24) is 24.4 Å². The normalized spacial score (nSPS) is 16.3. The molecule has 3 aromatic rings. The van der Waals surface area contributed by atoms with Gasteiger partial charge in [-0.15, -0.1) is 0 Å². The number of aromatic nitrogens is 4. The van der Waals surface area contributed by atoms with E-state index in [1.165, 1.54) is 5.56 Å². The second-order valence-electron chi connectivity index (χ2n) is 7.53. The van der Waals surface area contributed by atoms with E-state index >= 15 is 0 Å². The third-order valence-electron chi connectivity index (χ3n) is 5.17. The molecule has 142 valence electrons. The number of nitrogens with two attached hydrogens (primary N) is 1. The van der Waals surface area contributed by atoms with E-state index in [-0.39, 0.29) is 6.04 Å². The zero-order valence-corrected chi connectivity index (χ0v) is 16.0. The Morgan fingerprint density at radius 2 is 1.89 bits per heavy atom. The lowest BCUT2D eigenvalue weighted by atomic mass is 10.0. The second kappa shape index (κ2) is 7.52. The monoisotopic (exact) mass is 365 g/mol. The molecule has 0 saturated carbocycles. The molecule has 0 radical (unpaired) electrons. The van der Waals surface area contributed by atoms with E-state index in [1.54, 1.807) is 6.33 Å². The van der Waals surface area contributed by atoms with E-state index < -0.39 is 0 Å². The van der Waals surface area contributed by atoms with Crippen molar-refractivity contribution in [2.45, 2.75) is 45.3 Å². The van der Waals surface area contributed by atoms with E-state index in [0.29, 0.717) is 23.3 Å². The van der Waals surface area contributed by atoms with Crippen LogP contribution in [0.3, 0.4) is 0 Å². The van der Waals surface area contributed by atoms with Crippen LogP contribution in [0.1, 0.15) is 38.3 Å². The van der Waals surface area contributed by atoms with Gasteiger partial charge in [0, 0.05) is 31.7 Å². The molecule has 1 aromatic carbocycles. The molecule has 3 N–H and O–H groups in total. The quantitative estimate of drug-likeness (QED) is 0.723. The summed E-state index contributed by atoms with van der Waals surface area (Å²) in [6.45, 7) is 7.35. The number of hydrogen-bond donors (Lipinski definition) is 2. The fraction of sp³-hybridized carbons (Fsp3) is 0.450. The number of nitrogens with one attached hydrogen (secondary N) is 1. The number of anilines is 2. The van der Waals surface area contributed by atoms with Crippen molar-refractivity contribution in [2.24, 2.45) is 0 Å². The van der Waals surface area contributed by atoms with Crippen LogP contribution in [-0.4, -0.2) is 43.6 Å². The average molecular weight is 365 g/mol. The first-order valence-corrected chi connectivity index (χ1v) is 9.63. The Morgan fingerprint density at radius 1 is 1.15 bits per heavy atom. The van der Waals surface area contributed by atoms with Crippen LogP contribution in [0.5, 0.6) is 0 Å². The minimum Gasteiger partial charge on any atom is -0.382 e. The Hall–Kier alpha value is -2.67. The second-order valence-corrected chi connectivity index (χ2v) is 7.53. The molecule has 0 spiro atoms. The van der Waals surface area contributed by atoms with Crippen molar-refractivity contribution in [3.8, 4) is 0 Å². The molecule has 0 amide bonds. The van der Waals surface area contributed by atoms with Gasteiger partial charge in [-0.3, -0.25) is 4.90 Å².